The summed E-state index contributed by atoms with van der Waals surface area (Å²) in [5, 5.41) is 7.21. The van der Waals surface area contributed by atoms with Crippen molar-refractivity contribution in [2.24, 2.45) is 5.92 Å². The average molecular weight is 292 g/mol. The van der Waals surface area contributed by atoms with Gasteiger partial charge in [-0.25, -0.2) is 0 Å². The number of hydrogen-bond donors (Lipinski definition) is 2. The minimum Gasteiger partial charge on any atom is -0.493 e. The first-order valence-electron chi connectivity index (χ1n) is 7.97. The molecule has 4 nitrogen and oxygen atoms in total. The summed E-state index contributed by atoms with van der Waals surface area (Å²) in [6.45, 7) is 4.46. The van der Waals surface area contributed by atoms with Gasteiger partial charge in [0.25, 0.3) is 0 Å². The number of hydrogen-bond acceptors (Lipinski definition) is 4. The van der Waals surface area contributed by atoms with E-state index in [1.165, 1.54) is 25.7 Å². The van der Waals surface area contributed by atoms with E-state index in [2.05, 4.69) is 23.6 Å². The Balaban J connectivity index is 2.04. The molecule has 1 aromatic carbocycles. The van der Waals surface area contributed by atoms with Gasteiger partial charge in [0.2, 0.25) is 0 Å². The van der Waals surface area contributed by atoms with Gasteiger partial charge in [-0.15, -0.1) is 0 Å². The third-order valence-corrected chi connectivity index (χ3v) is 4.27. The third-order valence-electron chi connectivity index (χ3n) is 4.27. The third kappa shape index (κ3) is 4.27. The molecule has 1 fully saturated rings. The molecule has 0 aliphatic carbocycles. The molecule has 0 unspecified atom stereocenters. The summed E-state index contributed by atoms with van der Waals surface area (Å²) in [6.07, 6.45) is 5.02. The van der Waals surface area contributed by atoms with Crippen LogP contribution in [0.25, 0.3) is 0 Å². The summed E-state index contributed by atoms with van der Waals surface area (Å²) in [4.78, 5) is 0. The van der Waals surface area contributed by atoms with Crippen molar-refractivity contribution in [1.82, 2.24) is 5.32 Å². The van der Waals surface area contributed by atoms with Crippen LogP contribution in [-0.4, -0.2) is 33.4 Å². The van der Waals surface area contributed by atoms with E-state index in [9.17, 15) is 0 Å². The predicted molar refractivity (Wildman–Crippen MR) is 87.5 cm³/mol. The molecule has 1 aromatic rings. The molecule has 1 saturated heterocycles. The first kappa shape index (κ1) is 16.0. The molecule has 21 heavy (non-hydrogen) atoms. The lowest BCUT2D eigenvalue weighted by molar-refractivity contribution is 0.319. The summed E-state index contributed by atoms with van der Waals surface area (Å²) in [7, 11) is 3.34. The summed E-state index contributed by atoms with van der Waals surface area (Å²) in [5.41, 5.74) is 1.11. The highest BCUT2D eigenvalue weighted by Crippen LogP contribution is 2.31. The number of methoxy groups -OCH3 is 2. The molecular formula is C17H28N2O2. The van der Waals surface area contributed by atoms with Gasteiger partial charge in [-0.1, -0.05) is 19.8 Å². The fraction of sp³-hybridized carbons (Fsp3) is 0.647. The largest absolute Gasteiger partial charge is 0.493 e. The lowest BCUT2D eigenvalue weighted by atomic mass is 9.88. The Morgan fingerprint density at radius 3 is 2.76 bits per heavy atom. The van der Waals surface area contributed by atoms with Crippen molar-refractivity contribution in [2.75, 3.05) is 32.6 Å². The van der Waals surface area contributed by atoms with Gasteiger partial charge in [0.15, 0.2) is 11.5 Å². The van der Waals surface area contributed by atoms with E-state index >= 15 is 0 Å². The Bertz CT molecular complexity index is 437. The van der Waals surface area contributed by atoms with Crippen LogP contribution in [0.4, 0.5) is 5.69 Å². The van der Waals surface area contributed by atoms with E-state index in [1.54, 1.807) is 14.2 Å². The number of rotatable bonds is 7. The van der Waals surface area contributed by atoms with Gasteiger partial charge >= 0.3 is 0 Å². The molecule has 4 heteroatoms. The summed E-state index contributed by atoms with van der Waals surface area (Å²) >= 11 is 0. The van der Waals surface area contributed by atoms with Crippen LogP contribution in [0.3, 0.4) is 0 Å². The molecule has 2 N–H and O–H groups in total. The zero-order valence-corrected chi connectivity index (χ0v) is 13.4. The van der Waals surface area contributed by atoms with E-state index in [1.807, 2.05) is 12.1 Å². The molecule has 0 bridgehead atoms. The summed E-state index contributed by atoms with van der Waals surface area (Å²) < 4.78 is 10.7. The van der Waals surface area contributed by atoms with Crippen LogP contribution >= 0.6 is 0 Å². The fourth-order valence-electron chi connectivity index (χ4n) is 3.02. The highest BCUT2D eigenvalue weighted by atomic mass is 16.5. The van der Waals surface area contributed by atoms with E-state index in [0.717, 1.165) is 30.3 Å². The number of ether oxygens (including phenoxy) is 2. The predicted octanol–water partition coefficient (Wildman–Crippen LogP) is 3.28. The van der Waals surface area contributed by atoms with Gasteiger partial charge in [-0.05, 0) is 44.0 Å². The smallest absolute Gasteiger partial charge is 0.162 e. The first-order valence-corrected chi connectivity index (χ1v) is 7.97. The van der Waals surface area contributed by atoms with Gasteiger partial charge in [-0.2, -0.15) is 0 Å². The number of unbranched alkanes of at least 4 members (excludes halogenated alkanes) is 1. The molecule has 2 atom stereocenters. The normalized spacial score (nSPS) is 21.9. The monoisotopic (exact) mass is 292 g/mol. The van der Waals surface area contributed by atoms with Gasteiger partial charge in [-0.3, -0.25) is 0 Å². The molecule has 0 aromatic heterocycles. The maximum atomic E-state index is 5.38. The molecule has 1 heterocycles. The molecule has 118 valence electrons. The summed E-state index contributed by atoms with van der Waals surface area (Å²) in [6, 6.07) is 6.59. The average Bonchev–Trinajstić information content (AvgIpc) is 2.54. The molecule has 2 rings (SSSR count). The van der Waals surface area contributed by atoms with Crippen LogP contribution in [0, 0.1) is 5.92 Å². The van der Waals surface area contributed by atoms with E-state index < -0.39 is 0 Å². The van der Waals surface area contributed by atoms with E-state index in [-0.39, 0.29) is 0 Å². The standard InChI is InChI=1S/C17H28N2O2/c1-4-5-6-13-12-18-10-9-15(13)19-14-7-8-16(20-2)17(11-14)21-3/h7-8,11,13,15,18-19H,4-6,9-10,12H2,1-3H3/t13-,15-/m0/s1. The van der Waals surface area contributed by atoms with Gasteiger partial charge in [0.1, 0.15) is 0 Å². The maximum Gasteiger partial charge on any atom is 0.162 e. The van der Waals surface area contributed by atoms with Crippen molar-refractivity contribution in [2.45, 2.75) is 38.6 Å². The highest BCUT2D eigenvalue weighted by molar-refractivity contribution is 5.55. The van der Waals surface area contributed by atoms with E-state index in [4.69, 9.17) is 9.47 Å². The zero-order chi connectivity index (χ0) is 15.1. The van der Waals surface area contributed by atoms with Crippen LogP contribution < -0.4 is 20.1 Å². The first-order chi connectivity index (χ1) is 10.3. The fourth-order valence-corrected chi connectivity index (χ4v) is 3.02. The number of nitrogens with one attached hydrogen (secondary N) is 2. The Labute approximate surface area is 128 Å². The topological polar surface area (TPSA) is 42.5 Å². The highest BCUT2D eigenvalue weighted by Gasteiger charge is 2.24. The van der Waals surface area contributed by atoms with Crippen molar-refractivity contribution in [3.63, 3.8) is 0 Å². The lowest BCUT2D eigenvalue weighted by Gasteiger charge is -2.33. The van der Waals surface area contributed by atoms with Crippen LogP contribution in [0.1, 0.15) is 32.6 Å². The number of benzene rings is 1. The van der Waals surface area contributed by atoms with Gasteiger partial charge in [0.05, 0.1) is 14.2 Å². The second-order valence-corrected chi connectivity index (χ2v) is 5.72. The van der Waals surface area contributed by atoms with Crippen molar-refractivity contribution < 1.29 is 9.47 Å². The summed E-state index contributed by atoms with van der Waals surface area (Å²) in [5.74, 6) is 2.25. The Morgan fingerprint density at radius 2 is 2.05 bits per heavy atom. The van der Waals surface area contributed by atoms with Gasteiger partial charge in [0, 0.05) is 17.8 Å². The molecular weight excluding hydrogens is 264 g/mol. The molecule has 1 aliphatic rings. The molecule has 0 amide bonds. The molecule has 0 saturated carbocycles. The lowest BCUT2D eigenvalue weighted by Crippen LogP contribution is -2.43. The van der Waals surface area contributed by atoms with Crippen LogP contribution in [0.5, 0.6) is 11.5 Å². The SMILES string of the molecule is CCCC[C@H]1CNCC[C@@H]1Nc1ccc(OC)c(OC)c1. The zero-order valence-electron chi connectivity index (χ0n) is 13.4. The molecule has 0 spiro atoms. The molecule has 0 radical (unpaired) electrons. The van der Waals surface area contributed by atoms with Crippen LogP contribution in [-0.2, 0) is 0 Å². The number of piperidine rings is 1. The Morgan fingerprint density at radius 1 is 1.24 bits per heavy atom. The van der Waals surface area contributed by atoms with Gasteiger partial charge < -0.3 is 20.1 Å². The van der Waals surface area contributed by atoms with Crippen molar-refractivity contribution in [1.29, 1.82) is 0 Å². The van der Waals surface area contributed by atoms with Crippen LogP contribution in [0.2, 0.25) is 0 Å². The molecule has 1 aliphatic heterocycles. The van der Waals surface area contributed by atoms with Crippen molar-refractivity contribution in [3.05, 3.63) is 18.2 Å². The second-order valence-electron chi connectivity index (χ2n) is 5.72. The maximum absolute atomic E-state index is 5.38. The number of anilines is 1. The Hall–Kier alpha value is -1.42. The van der Waals surface area contributed by atoms with Crippen molar-refractivity contribution >= 4 is 5.69 Å². The van der Waals surface area contributed by atoms with Crippen LogP contribution in [0.15, 0.2) is 18.2 Å². The van der Waals surface area contributed by atoms with Crippen molar-refractivity contribution in [3.8, 4) is 11.5 Å². The van der Waals surface area contributed by atoms with E-state index in [0.29, 0.717) is 12.0 Å². The minimum absolute atomic E-state index is 0.538. The second kappa shape index (κ2) is 8.13. The quantitative estimate of drug-likeness (QED) is 0.809. The minimum atomic E-state index is 0.538. The Kier molecular flexibility index (Phi) is 6.18.